The lowest BCUT2D eigenvalue weighted by molar-refractivity contribution is -0.145. The second-order valence-corrected chi connectivity index (χ2v) is 6.09. The maximum Gasteiger partial charge on any atom is 0.327 e. The summed E-state index contributed by atoms with van der Waals surface area (Å²) < 4.78 is 54.1. The van der Waals surface area contributed by atoms with Crippen LogP contribution in [0.5, 0.6) is 0 Å². The van der Waals surface area contributed by atoms with Crippen molar-refractivity contribution in [3.05, 3.63) is 34.4 Å². The van der Waals surface area contributed by atoms with Crippen molar-refractivity contribution in [1.82, 2.24) is 4.90 Å². The van der Waals surface area contributed by atoms with Crippen LogP contribution >= 0.6 is 0 Å². The molecule has 1 heterocycles. The van der Waals surface area contributed by atoms with Crippen molar-refractivity contribution < 1.29 is 37.1 Å². The molecule has 0 aromatic heterocycles. The van der Waals surface area contributed by atoms with E-state index < -0.39 is 63.6 Å². The number of aliphatic carboxylic acids is 1. The Morgan fingerprint density at radius 2 is 1.26 bits per heavy atom. The Labute approximate surface area is 127 Å². The largest absolute Gasteiger partial charge is 0.480 e. The Hall–Kier alpha value is -2.45. The van der Waals surface area contributed by atoms with E-state index in [0.717, 1.165) is 0 Å². The Kier molecular flexibility index (Phi) is 3.70. The van der Waals surface area contributed by atoms with Gasteiger partial charge in [0.25, 0.3) is 11.8 Å². The molecule has 0 saturated heterocycles. The maximum absolute atomic E-state index is 13.8. The summed E-state index contributed by atoms with van der Waals surface area (Å²) in [6, 6.07) is -1.78. The van der Waals surface area contributed by atoms with E-state index in [9.17, 15) is 37.1 Å². The molecule has 1 aromatic rings. The molecule has 0 saturated carbocycles. The molecule has 0 aliphatic carbocycles. The van der Waals surface area contributed by atoms with Crippen molar-refractivity contribution in [2.45, 2.75) is 26.8 Å². The normalized spacial score (nSPS) is 15.9. The number of carboxylic acid groups (broad SMARTS) is 1. The molecule has 9 heteroatoms. The van der Waals surface area contributed by atoms with E-state index in [1.807, 2.05) is 0 Å². The second-order valence-electron chi connectivity index (χ2n) is 6.09. The van der Waals surface area contributed by atoms with Crippen LogP contribution in [0.3, 0.4) is 0 Å². The SMILES string of the molecule is CC(C)(C)C(C(=O)O)N1C(=O)c2c(F)c(F)c(F)c(F)c2C1=O. The highest BCUT2D eigenvalue weighted by Crippen LogP contribution is 2.36. The fourth-order valence-electron chi connectivity index (χ4n) is 2.47. The van der Waals surface area contributed by atoms with E-state index in [0.29, 0.717) is 0 Å². The Bertz CT molecular complexity index is 707. The van der Waals surface area contributed by atoms with Crippen LogP contribution in [0.1, 0.15) is 41.5 Å². The van der Waals surface area contributed by atoms with Gasteiger partial charge < -0.3 is 5.11 Å². The highest BCUT2D eigenvalue weighted by atomic mass is 19.2. The molecule has 1 atom stereocenters. The summed E-state index contributed by atoms with van der Waals surface area (Å²) in [7, 11) is 0. The average Bonchev–Trinajstić information content (AvgIpc) is 2.66. The van der Waals surface area contributed by atoms with Gasteiger partial charge in [0.05, 0.1) is 11.1 Å². The lowest BCUT2D eigenvalue weighted by Crippen LogP contribution is -2.52. The molecule has 1 aliphatic heterocycles. The summed E-state index contributed by atoms with van der Waals surface area (Å²) in [5, 5.41) is 9.25. The molecule has 124 valence electrons. The lowest BCUT2D eigenvalue weighted by atomic mass is 9.85. The van der Waals surface area contributed by atoms with E-state index >= 15 is 0 Å². The number of rotatable bonds is 2. The first-order valence-electron chi connectivity index (χ1n) is 6.37. The second kappa shape index (κ2) is 5.04. The van der Waals surface area contributed by atoms with Gasteiger partial charge in [-0.2, -0.15) is 0 Å². The zero-order valence-electron chi connectivity index (χ0n) is 12.2. The van der Waals surface area contributed by atoms with Gasteiger partial charge in [0.1, 0.15) is 6.04 Å². The monoisotopic (exact) mass is 333 g/mol. The van der Waals surface area contributed by atoms with E-state index in [1.54, 1.807) is 0 Å². The van der Waals surface area contributed by atoms with Crippen LogP contribution in [0.2, 0.25) is 0 Å². The number of imide groups is 1. The van der Waals surface area contributed by atoms with Gasteiger partial charge in [-0.3, -0.25) is 14.5 Å². The number of nitrogens with zero attached hydrogens (tertiary/aromatic N) is 1. The van der Waals surface area contributed by atoms with E-state index in [-0.39, 0.29) is 4.90 Å². The molecule has 23 heavy (non-hydrogen) atoms. The predicted octanol–water partition coefficient (Wildman–Crippen LogP) is 2.34. The summed E-state index contributed by atoms with van der Waals surface area (Å²) >= 11 is 0. The zero-order chi connectivity index (χ0) is 17.9. The number of carboxylic acids is 1. The van der Waals surface area contributed by atoms with Crippen molar-refractivity contribution in [3.63, 3.8) is 0 Å². The summed E-state index contributed by atoms with van der Waals surface area (Å²) in [6.07, 6.45) is 0. The van der Waals surface area contributed by atoms with Gasteiger partial charge in [-0.05, 0) is 5.41 Å². The molecule has 0 spiro atoms. The quantitative estimate of drug-likeness (QED) is 0.390. The fraction of sp³-hybridized carbons (Fsp3) is 0.357. The number of fused-ring (bicyclic) bond motifs is 1. The Morgan fingerprint density at radius 3 is 1.52 bits per heavy atom. The smallest absolute Gasteiger partial charge is 0.327 e. The number of benzene rings is 1. The number of hydrogen-bond donors (Lipinski definition) is 1. The topological polar surface area (TPSA) is 74.7 Å². The molecule has 1 unspecified atom stereocenters. The van der Waals surface area contributed by atoms with Gasteiger partial charge in [0.15, 0.2) is 23.3 Å². The third-order valence-corrected chi connectivity index (χ3v) is 3.44. The molecular formula is C14H11F4NO4. The van der Waals surface area contributed by atoms with Crippen LogP contribution in [0.25, 0.3) is 0 Å². The van der Waals surface area contributed by atoms with E-state index in [2.05, 4.69) is 0 Å². The van der Waals surface area contributed by atoms with Crippen LogP contribution in [-0.2, 0) is 4.79 Å². The molecule has 1 aromatic carbocycles. The van der Waals surface area contributed by atoms with E-state index in [1.165, 1.54) is 20.8 Å². The van der Waals surface area contributed by atoms with Crippen molar-refractivity contribution in [3.8, 4) is 0 Å². The standard InChI is InChI=1S/C14H11F4NO4/c1-14(2,3)10(13(22)23)19-11(20)4-5(12(19)21)7(16)9(18)8(17)6(4)15/h10H,1-3H3,(H,22,23). The Morgan fingerprint density at radius 1 is 0.913 bits per heavy atom. The van der Waals surface area contributed by atoms with Crippen LogP contribution in [0.15, 0.2) is 0 Å². The van der Waals surface area contributed by atoms with Crippen molar-refractivity contribution in [1.29, 1.82) is 0 Å². The summed E-state index contributed by atoms with van der Waals surface area (Å²) in [5.74, 6) is -13.2. The first kappa shape index (κ1) is 16.9. The van der Waals surface area contributed by atoms with Crippen LogP contribution in [0, 0.1) is 28.7 Å². The first-order chi connectivity index (χ1) is 10.4. The fourth-order valence-corrected chi connectivity index (χ4v) is 2.47. The van der Waals surface area contributed by atoms with Crippen molar-refractivity contribution >= 4 is 17.8 Å². The average molecular weight is 333 g/mol. The van der Waals surface area contributed by atoms with Crippen molar-refractivity contribution in [2.75, 3.05) is 0 Å². The van der Waals surface area contributed by atoms with Gasteiger partial charge in [0, 0.05) is 0 Å². The van der Waals surface area contributed by atoms with Crippen LogP contribution < -0.4 is 0 Å². The van der Waals surface area contributed by atoms with Gasteiger partial charge in [-0.25, -0.2) is 22.4 Å². The van der Waals surface area contributed by atoms with Crippen molar-refractivity contribution in [2.24, 2.45) is 5.41 Å². The summed E-state index contributed by atoms with van der Waals surface area (Å²) in [5.41, 5.74) is -3.80. The van der Waals surface area contributed by atoms with Gasteiger partial charge >= 0.3 is 5.97 Å². The van der Waals surface area contributed by atoms with Crippen LogP contribution in [0.4, 0.5) is 17.6 Å². The minimum absolute atomic E-state index is 0.109. The molecule has 0 bridgehead atoms. The van der Waals surface area contributed by atoms with E-state index in [4.69, 9.17) is 0 Å². The minimum Gasteiger partial charge on any atom is -0.480 e. The third-order valence-electron chi connectivity index (χ3n) is 3.44. The molecular weight excluding hydrogens is 322 g/mol. The minimum atomic E-state index is -2.24. The first-order valence-corrected chi connectivity index (χ1v) is 6.37. The molecule has 1 N–H and O–H groups in total. The molecule has 2 amide bonds. The maximum atomic E-state index is 13.8. The Balaban J connectivity index is 2.74. The van der Waals surface area contributed by atoms with Gasteiger partial charge in [0.2, 0.25) is 0 Å². The van der Waals surface area contributed by atoms with Crippen LogP contribution in [-0.4, -0.2) is 33.8 Å². The summed E-state index contributed by atoms with van der Waals surface area (Å²) in [4.78, 5) is 35.9. The number of carbonyl (C=O) groups excluding carboxylic acids is 2. The summed E-state index contributed by atoms with van der Waals surface area (Å²) in [6.45, 7) is 4.13. The lowest BCUT2D eigenvalue weighted by Gasteiger charge is -2.33. The third kappa shape index (κ3) is 2.27. The molecule has 5 nitrogen and oxygen atoms in total. The number of amides is 2. The number of carbonyl (C=O) groups is 3. The van der Waals surface area contributed by atoms with Gasteiger partial charge in [-0.15, -0.1) is 0 Å². The number of hydrogen-bond acceptors (Lipinski definition) is 3. The van der Waals surface area contributed by atoms with Gasteiger partial charge in [-0.1, -0.05) is 20.8 Å². The highest BCUT2D eigenvalue weighted by molar-refractivity contribution is 6.23. The number of halogens is 4. The predicted molar refractivity (Wildman–Crippen MR) is 67.7 cm³/mol. The zero-order valence-corrected chi connectivity index (χ0v) is 12.2. The molecule has 1 aliphatic rings. The molecule has 0 fully saturated rings. The molecule has 2 rings (SSSR count). The highest BCUT2D eigenvalue weighted by Gasteiger charge is 2.51. The molecule has 0 radical (unpaired) electrons.